The van der Waals surface area contributed by atoms with Crippen LogP contribution in [-0.2, 0) is 6.42 Å². The van der Waals surface area contributed by atoms with Crippen LogP contribution in [0.3, 0.4) is 0 Å². The van der Waals surface area contributed by atoms with Gasteiger partial charge in [-0.05, 0) is 58.5 Å². The zero-order valence-electron chi connectivity index (χ0n) is 9.65. The highest BCUT2D eigenvalue weighted by molar-refractivity contribution is 14.1. The van der Waals surface area contributed by atoms with E-state index in [1.54, 1.807) is 0 Å². The number of halogens is 1. The second-order valence-electron chi connectivity index (χ2n) is 3.90. The van der Waals surface area contributed by atoms with E-state index >= 15 is 0 Å². The van der Waals surface area contributed by atoms with E-state index in [-0.39, 0.29) is 0 Å². The zero-order chi connectivity index (χ0) is 13.0. The molecule has 2 aromatic carbocycles. The van der Waals surface area contributed by atoms with Gasteiger partial charge in [0, 0.05) is 14.9 Å². The lowest BCUT2D eigenvalue weighted by molar-refractivity contribution is 1.26. The minimum absolute atomic E-state index is 0.444. The number of hydrogen-bond donors (Lipinski definition) is 2. The average molecular weight is 349 g/mol. The molecule has 3 nitrogen and oxygen atoms in total. The molecular weight excluding hydrogens is 337 g/mol. The Hall–Kier alpha value is -1.74. The first-order chi connectivity index (χ1) is 8.69. The highest BCUT2D eigenvalue weighted by atomic mass is 127. The van der Waals surface area contributed by atoms with Crippen LogP contribution in [0.1, 0.15) is 5.56 Å². The number of anilines is 3. The van der Waals surface area contributed by atoms with Gasteiger partial charge in [0.15, 0.2) is 0 Å². The molecule has 0 aliphatic carbocycles. The fourth-order valence-corrected chi connectivity index (χ4v) is 2.26. The number of nitrogens with zero attached hydrogens (tertiary/aromatic N) is 1. The first-order valence-electron chi connectivity index (χ1n) is 5.47. The summed E-state index contributed by atoms with van der Waals surface area (Å²) in [6.07, 6.45) is 0.444. The molecule has 3 N–H and O–H groups in total. The lowest BCUT2D eigenvalue weighted by atomic mass is 10.1. The summed E-state index contributed by atoms with van der Waals surface area (Å²) in [7, 11) is 0. The van der Waals surface area contributed by atoms with Crippen molar-refractivity contribution in [3.63, 3.8) is 0 Å². The number of benzene rings is 2. The quantitative estimate of drug-likeness (QED) is 0.656. The molecule has 0 saturated heterocycles. The summed E-state index contributed by atoms with van der Waals surface area (Å²) in [6, 6.07) is 15.7. The van der Waals surface area contributed by atoms with Crippen molar-refractivity contribution in [3.05, 3.63) is 51.6 Å². The van der Waals surface area contributed by atoms with Crippen LogP contribution in [0.4, 0.5) is 17.1 Å². The molecule has 0 aromatic heterocycles. The van der Waals surface area contributed by atoms with E-state index < -0.39 is 0 Å². The van der Waals surface area contributed by atoms with Crippen molar-refractivity contribution in [2.24, 2.45) is 0 Å². The topological polar surface area (TPSA) is 61.8 Å². The fraction of sp³-hybridized carbons (Fsp3) is 0.0714. The van der Waals surface area contributed by atoms with Gasteiger partial charge in [-0.25, -0.2) is 0 Å². The van der Waals surface area contributed by atoms with E-state index in [0.717, 1.165) is 26.2 Å². The van der Waals surface area contributed by atoms with Gasteiger partial charge in [-0.3, -0.25) is 0 Å². The summed E-state index contributed by atoms with van der Waals surface area (Å²) >= 11 is 2.25. The van der Waals surface area contributed by atoms with Crippen LogP contribution in [0.15, 0.2) is 42.5 Å². The molecule has 0 aliphatic heterocycles. The zero-order valence-corrected chi connectivity index (χ0v) is 11.8. The Kier molecular flexibility index (Phi) is 4.05. The summed E-state index contributed by atoms with van der Waals surface area (Å²) in [6.45, 7) is 0. The maximum atomic E-state index is 8.61. The lowest BCUT2D eigenvalue weighted by Gasteiger charge is -2.09. The molecule has 0 heterocycles. The third-order valence-corrected chi connectivity index (χ3v) is 3.40. The normalized spacial score (nSPS) is 9.78. The van der Waals surface area contributed by atoms with Gasteiger partial charge in [-0.15, -0.1) is 0 Å². The van der Waals surface area contributed by atoms with E-state index in [1.807, 2.05) is 42.5 Å². The molecule has 0 unspecified atom stereocenters. The van der Waals surface area contributed by atoms with Crippen molar-refractivity contribution in [2.45, 2.75) is 6.42 Å². The van der Waals surface area contributed by atoms with Crippen molar-refractivity contribution in [3.8, 4) is 6.07 Å². The second-order valence-corrected chi connectivity index (χ2v) is 5.06. The molecule has 4 heteroatoms. The first-order valence-corrected chi connectivity index (χ1v) is 6.55. The first kappa shape index (κ1) is 12.7. The third-order valence-electron chi connectivity index (χ3n) is 2.51. The van der Waals surface area contributed by atoms with Crippen molar-refractivity contribution < 1.29 is 0 Å². The van der Waals surface area contributed by atoms with Gasteiger partial charge in [-0.2, -0.15) is 5.26 Å². The summed E-state index contributed by atoms with van der Waals surface area (Å²) in [4.78, 5) is 0. The minimum Gasteiger partial charge on any atom is -0.399 e. The van der Waals surface area contributed by atoms with Crippen LogP contribution in [-0.4, -0.2) is 0 Å². The van der Waals surface area contributed by atoms with E-state index in [4.69, 9.17) is 11.0 Å². The van der Waals surface area contributed by atoms with Gasteiger partial charge < -0.3 is 11.1 Å². The van der Waals surface area contributed by atoms with Crippen LogP contribution in [0.2, 0.25) is 0 Å². The molecule has 0 spiro atoms. The van der Waals surface area contributed by atoms with Crippen molar-refractivity contribution in [1.82, 2.24) is 0 Å². The van der Waals surface area contributed by atoms with Crippen LogP contribution in [0, 0.1) is 14.9 Å². The van der Waals surface area contributed by atoms with Gasteiger partial charge in [0.05, 0.1) is 18.2 Å². The summed E-state index contributed by atoms with van der Waals surface area (Å²) in [5, 5.41) is 11.9. The molecule has 0 saturated carbocycles. The molecule has 0 fully saturated rings. The third kappa shape index (κ3) is 3.14. The van der Waals surface area contributed by atoms with E-state index in [1.165, 1.54) is 0 Å². The number of hydrogen-bond acceptors (Lipinski definition) is 3. The fourth-order valence-electron chi connectivity index (χ4n) is 1.59. The van der Waals surface area contributed by atoms with Gasteiger partial charge in [-0.1, -0.05) is 12.1 Å². The maximum Gasteiger partial charge on any atom is 0.0669 e. The van der Waals surface area contributed by atoms with Gasteiger partial charge in [0.25, 0.3) is 0 Å². The lowest BCUT2D eigenvalue weighted by Crippen LogP contribution is -1.95. The molecule has 2 rings (SSSR count). The van der Waals surface area contributed by atoms with Crippen molar-refractivity contribution in [2.75, 3.05) is 11.1 Å². The van der Waals surface area contributed by atoms with Crippen molar-refractivity contribution >= 4 is 39.7 Å². The van der Waals surface area contributed by atoms with E-state index in [0.29, 0.717) is 6.42 Å². The molecule has 0 radical (unpaired) electrons. The number of rotatable bonds is 3. The Labute approximate surface area is 120 Å². The number of nitrogen functional groups attached to an aromatic ring is 1. The van der Waals surface area contributed by atoms with Crippen LogP contribution < -0.4 is 11.1 Å². The molecule has 2 aromatic rings. The largest absolute Gasteiger partial charge is 0.399 e. The highest BCUT2D eigenvalue weighted by Gasteiger charge is 2.01. The number of nitrogens with one attached hydrogen (secondary N) is 1. The molecule has 90 valence electrons. The number of nitrogens with two attached hydrogens (primary N) is 1. The van der Waals surface area contributed by atoms with Crippen LogP contribution in [0.25, 0.3) is 0 Å². The van der Waals surface area contributed by atoms with Gasteiger partial charge in [0.2, 0.25) is 0 Å². The van der Waals surface area contributed by atoms with Crippen LogP contribution in [0.5, 0.6) is 0 Å². The molecule has 0 bridgehead atoms. The molecule has 0 amide bonds. The van der Waals surface area contributed by atoms with Gasteiger partial charge in [0.1, 0.15) is 0 Å². The Balaban J connectivity index is 2.16. The summed E-state index contributed by atoms with van der Waals surface area (Å²) < 4.78 is 1.08. The standard InChI is InChI=1S/C14H12IN3/c15-13-9-11(17)3-6-14(13)18-12-4-1-10(2-5-12)7-8-16/h1-6,9,18H,7,17H2. The monoisotopic (exact) mass is 349 g/mol. The molecule has 18 heavy (non-hydrogen) atoms. The second kappa shape index (κ2) is 5.74. The predicted molar refractivity (Wildman–Crippen MR) is 82.6 cm³/mol. The van der Waals surface area contributed by atoms with Gasteiger partial charge >= 0.3 is 0 Å². The van der Waals surface area contributed by atoms with E-state index in [9.17, 15) is 0 Å². The van der Waals surface area contributed by atoms with E-state index in [2.05, 4.69) is 34.0 Å². The molecule has 0 aliphatic rings. The Bertz CT molecular complexity index is 585. The Morgan fingerprint density at radius 2 is 1.89 bits per heavy atom. The molecule has 0 atom stereocenters. The smallest absolute Gasteiger partial charge is 0.0669 e. The minimum atomic E-state index is 0.444. The van der Waals surface area contributed by atoms with Crippen LogP contribution >= 0.6 is 22.6 Å². The Morgan fingerprint density at radius 1 is 1.17 bits per heavy atom. The maximum absolute atomic E-state index is 8.61. The highest BCUT2D eigenvalue weighted by Crippen LogP contribution is 2.24. The SMILES string of the molecule is N#CCc1ccc(Nc2ccc(N)cc2I)cc1. The summed E-state index contributed by atoms with van der Waals surface area (Å²) in [5.74, 6) is 0. The predicted octanol–water partition coefficient (Wildman–Crippen LogP) is 3.68. The number of nitriles is 1. The van der Waals surface area contributed by atoms with Crippen molar-refractivity contribution in [1.29, 1.82) is 5.26 Å². The average Bonchev–Trinajstić information content (AvgIpc) is 2.35. The Morgan fingerprint density at radius 3 is 2.50 bits per heavy atom. The molecular formula is C14H12IN3. The summed E-state index contributed by atoms with van der Waals surface area (Å²) in [5.41, 5.74) is 9.52.